The molecule has 2 saturated carbocycles. The molecule has 0 saturated heterocycles. The van der Waals surface area contributed by atoms with Gasteiger partial charge in [0.2, 0.25) is 5.91 Å². The second kappa shape index (κ2) is 5.54. The lowest BCUT2D eigenvalue weighted by Gasteiger charge is -2.34. The van der Waals surface area contributed by atoms with Crippen molar-refractivity contribution in [3.05, 3.63) is 0 Å². The summed E-state index contributed by atoms with van der Waals surface area (Å²) in [6, 6.07) is -0.260. The summed E-state index contributed by atoms with van der Waals surface area (Å²) in [5.74, 6) is -0.284. The van der Waals surface area contributed by atoms with Crippen LogP contribution in [0.5, 0.6) is 0 Å². The molecule has 0 aromatic rings. The number of alkyl halides is 3. The van der Waals surface area contributed by atoms with Gasteiger partial charge in [0.1, 0.15) is 6.54 Å². The van der Waals surface area contributed by atoms with Gasteiger partial charge in [0.05, 0.1) is 5.92 Å². The van der Waals surface area contributed by atoms with Crippen LogP contribution in [0.2, 0.25) is 0 Å². The van der Waals surface area contributed by atoms with Crippen molar-refractivity contribution in [3.8, 4) is 0 Å². The molecule has 1 amide bonds. The van der Waals surface area contributed by atoms with E-state index in [2.05, 4.69) is 0 Å². The molecule has 0 heterocycles. The fourth-order valence-corrected chi connectivity index (χ4v) is 3.80. The highest BCUT2D eigenvalue weighted by atomic mass is 19.4. The maximum atomic E-state index is 12.7. The van der Waals surface area contributed by atoms with Gasteiger partial charge < -0.3 is 10.6 Å². The summed E-state index contributed by atoms with van der Waals surface area (Å²) in [6.45, 7) is 2.61. The number of nitrogens with zero attached hydrogens (tertiary/aromatic N) is 1. The van der Waals surface area contributed by atoms with Crippen molar-refractivity contribution in [3.63, 3.8) is 0 Å². The van der Waals surface area contributed by atoms with E-state index >= 15 is 0 Å². The number of fused-ring (bicyclic) bond motifs is 2. The molecule has 20 heavy (non-hydrogen) atoms. The van der Waals surface area contributed by atoms with Crippen molar-refractivity contribution in [2.45, 2.75) is 45.3 Å². The van der Waals surface area contributed by atoms with E-state index in [4.69, 9.17) is 5.73 Å². The van der Waals surface area contributed by atoms with Crippen LogP contribution in [-0.2, 0) is 4.79 Å². The Hall–Kier alpha value is -0.780. The van der Waals surface area contributed by atoms with Crippen molar-refractivity contribution in [1.82, 2.24) is 4.90 Å². The molecular weight excluding hydrogens is 269 g/mol. The van der Waals surface area contributed by atoms with Gasteiger partial charge in [-0.1, -0.05) is 13.8 Å². The van der Waals surface area contributed by atoms with Crippen molar-refractivity contribution >= 4 is 5.91 Å². The summed E-state index contributed by atoms with van der Waals surface area (Å²) in [4.78, 5) is 13.5. The highest BCUT2D eigenvalue weighted by Crippen LogP contribution is 2.48. The smallest absolute Gasteiger partial charge is 0.333 e. The monoisotopic (exact) mass is 292 g/mol. The Labute approximate surface area is 117 Å². The maximum absolute atomic E-state index is 12.7. The molecule has 0 spiro atoms. The molecule has 2 rings (SSSR count). The molecule has 6 heteroatoms. The molecule has 2 fully saturated rings. The molecule has 0 aromatic heterocycles. The number of amides is 1. The van der Waals surface area contributed by atoms with Gasteiger partial charge in [-0.15, -0.1) is 0 Å². The molecule has 4 atom stereocenters. The molecule has 0 aliphatic heterocycles. The van der Waals surface area contributed by atoms with E-state index in [1.807, 2.05) is 13.8 Å². The average Bonchev–Trinajstić information content (AvgIpc) is 2.85. The lowest BCUT2D eigenvalue weighted by atomic mass is 9.84. The first-order valence-corrected chi connectivity index (χ1v) is 7.30. The third-order valence-corrected chi connectivity index (χ3v) is 4.53. The number of rotatable bonds is 4. The Morgan fingerprint density at radius 2 is 1.90 bits per heavy atom. The van der Waals surface area contributed by atoms with Crippen LogP contribution in [0, 0.1) is 23.7 Å². The van der Waals surface area contributed by atoms with Gasteiger partial charge in [-0.2, -0.15) is 13.2 Å². The van der Waals surface area contributed by atoms with E-state index in [0.29, 0.717) is 5.92 Å². The topological polar surface area (TPSA) is 46.3 Å². The van der Waals surface area contributed by atoms with Gasteiger partial charge in [-0.3, -0.25) is 4.79 Å². The molecule has 116 valence electrons. The Balaban J connectivity index is 2.10. The van der Waals surface area contributed by atoms with Crippen LogP contribution >= 0.6 is 0 Å². The van der Waals surface area contributed by atoms with Crippen LogP contribution in [0.25, 0.3) is 0 Å². The van der Waals surface area contributed by atoms with Gasteiger partial charge in [0, 0.05) is 12.6 Å². The van der Waals surface area contributed by atoms with E-state index < -0.39 is 24.5 Å². The predicted molar refractivity (Wildman–Crippen MR) is 69.8 cm³/mol. The summed E-state index contributed by atoms with van der Waals surface area (Å²) < 4.78 is 38.0. The fourth-order valence-electron chi connectivity index (χ4n) is 3.80. The second-order valence-electron chi connectivity index (χ2n) is 6.66. The Morgan fingerprint density at radius 3 is 2.35 bits per heavy atom. The zero-order valence-corrected chi connectivity index (χ0v) is 12.0. The number of nitrogens with two attached hydrogens (primary N) is 1. The number of carbonyl (C=O) groups excluding carboxylic acids is 1. The van der Waals surface area contributed by atoms with E-state index in [9.17, 15) is 18.0 Å². The number of hydrogen-bond acceptors (Lipinski definition) is 2. The van der Waals surface area contributed by atoms with Gasteiger partial charge in [-0.05, 0) is 37.0 Å². The molecule has 2 N–H and O–H groups in total. The Bertz CT molecular complexity index is 368. The molecule has 2 bridgehead atoms. The predicted octanol–water partition coefficient (Wildman–Crippen LogP) is 2.41. The van der Waals surface area contributed by atoms with Crippen molar-refractivity contribution in [2.75, 3.05) is 13.1 Å². The summed E-state index contributed by atoms with van der Waals surface area (Å²) in [6.07, 6.45) is -1.51. The summed E-state index contributed by atoms with van der Waals surface area (Å²) >= 11 is 0. The first kappa shape index (κ1) is 15.6. The van der Waals surface area contributed by atoms with E-state index in [0.717, 1.165) is 24.2 Å². The Kier molecular flexibility index (Phi) is 4.33. The first-order valence-electron chi connectivity index (χ1n) is 7.30. The fraction of sp³-hybridized carbons (Fsp3) is 0.929. The quantitative estimate of drug-likeness (QED) is 0.865. The van der Waals surface area contributed by atoms with Crippen molar-refractivity contribution in [2.24, 2.45) is 29.4 Å². The minimum Gasteiger partial charge on any atom is -0.333 e. The zero-order chi connectivity index (χ0) is 15.1. The van der Waals surface area contributed by atoms with E-state index in [1.54, 1.807) is 0 Å². The zero-order valence-electron chi connectivity index (χ0n) is 12.0. The SMILES string of the molecule is CC(C)CN(CC(F)(F)F)C(=O)C1C2CCC(C2)C1N. The molecule has 0 radical (unpaired) electrons. The van der Waals surface area contributed by atoms with Crippen LogP contribution in [-0.4, -0.2) is 36.1 Å². The minimum atomic E-state index is -4.35. The number of carbonyl (C=O) groups is 1. The summed E-state index contributed by atoms with van der Waals surface area (Å²) in [5.41, 5.74) is 6.07. The molecule has 2 aliphatic carbocycles. The third kappa shape index (κ3) is 3.27. The largest absolute Gasteiger partial charge is 0.406 e. The number of hydrogen-bond donors (Lipinski definition) is 1. The Morgan fingerprint density at radius 1 is 1.30 bits per heavy atom. The average molecular weight is 292 g/mol. The minimum absolute atomic E-state index is 0.0103. The van der Waals surface area contributed by atoms with Gasteiger partial charge in [0.25, 0.3) is 0 Å². The molecule has 3 nitrogen and oxygen atoms in total. The lowest BCUT2D eigenvalue weighted by molar-refractivity contribution is -0.166. The second-order valence-corrected chi connectivity index (χ2v) is 6.66. The summed E-state index contributed by atoms with van der Waals surface area (Å²) in [5, 5.41) is 0. The molecule has 2 aliphatic rings. The maximum Gasteiger partial charge on any atom is 0.406 e. The summed E-state index contributed by atoms with van der Waals surface area (Å²) in [7, 11) is 0. The van der Waals surface area contributed by atoms with Gasteiger partial charge in [0.15, 0.2) is 0 Å². The molecule has 0 aromatic carbocycles. The first-order chi connectivity index (χ1) is 9.19. The molecule has 4 unspecified atom stereocenters. The van der Waals surface area contributed by atoms with Crippen LogP contribution in [0.3, 0.4) is 0 Å². The normalized spacial score (nSPS) is 33.0. The van der Waals surface area contributed by atoms with E-state index in [1.165, 1.54) is 0 Å². The van der Waals surface area contributed by atoms with Crippen LogP contribution in [0.1, 0.15) is 33.1 Å². The van der Waals surface area contributed by atoms with Crippen LogP contribution < -0.4 is 5.73 Å². The number of halogens is 3. The van der Waals surface area contributed by atoms with E-state index in [-0.39, 0.29) is 24.4 Å². The highest BCUT2D eigenvalue weighted by Gasteiger charge is 2.51. The van der Waals surface area contributed by atoms with Crippen molar-refractivity contribution in [1.29, 1.82) is 0 Å². The van der Waals surface area contributed by atoms with Crippen LogP contribution in [0.4, 0.5) is 13.2 Å². The van der Waals surface area contributed by atoms with Gasteiger partial charge >= 0.3 is 6.18 Å². The lowest BCUT2D eigenvalue weighted by Crippen LogP contribution is -2.50. The molecular formula is C14H23F3N2O. The van der Waals surface area contributed by atoms with Crippen LogP contribution in [0.15, 0.2) is 0 Å². The van der Waals surface area contributed by atoms with Crippen molar-refractivity contribution < 1.29 is 18.0 Å². The standard InChI is InChI=1S/C14H23F3N2O/c1-8(2)6-19(7-14(15,16)17)13(20)11-9-3-4-10(5-9)12(11)18/h8-12H,3-7,18H2,1-2H3. The third-order valence-electron chi connectivity index (χ3n) is 4.53. The highest BCUT2D eigenvalue weighted by molar-refractivity contribution is 5.80. The van der Waals surface area contributed by atoms with Gasteiger partial charge in [-0.25, -0.2) is 0 Å².